The van der Waals surface area contributed by atoms with Crippen LogP contribution in [0.2, 0.25) is 0 Å². The van der Waals surface area contributed by atoms with Crippen LogP contribution in [0.4, 0.5) is 29.3 Å². The first-order valence-electron chi connectivity index (χ1n) is 9.74. The monoisotopic (exact) mass is 444 g/mol. The number of nitrogens with zero attached hydrogens (tertiary/aromatic N) is 3. The molecule has 1 atom stereocenters. The number of rotatable bonds is 5. The van der Waals surface area contributed by atoms with Crippen LogP contribution in [-0.4, -0.2) is 41.3 Å². The number of carbonyl (C=O) groups excluding carboxylic acids is 2. The van der Waals surface area contributed by atoms with E-state index in [4.69, 9.17) is 0 Å². The van der Waals surface area contributed by atoms with Crippen LogP contribution in [0.3, 0.4) is 0 Å². The van der Waals surface area contributed by atoms with Gasteiger partial charge in [0.15, 0.2) is 0 Å². The van der Waals surface area contributed by atoms with E-state index in [-0.39, 0.29) is 12.2 Å². The van der Waals surface area contributed by atoms with E-state index in [1.165, 1.54) is 17.0 Å². The van der Waals surface area contributed by atoms with Crippen LogP contribution < -0.4 is 15.0 Å². The van der Waals surface area contributed by atoms with Gasteiger partial charge in [0, 0.05) is 30.9 Å². The van der Waals surface area contributed by atoms with Gasteiger partial charge in [-0.05, 0) is 61.0 Å². The molecule has 1 saturated heterocycles. The molecule has 2 heterocycles. The van der Waals surface area contributed by atoms with Crippen molar-refractivity contribution in [2.75, 3.05) is 17.3 Å². The minimum atomic E-state index is -4.83. The largest absolute Gasteiger partial charge is 0.573 e. The van der Waals surface area contributed by atoms with E-state index in [0.29, 0.717) is 0 Å². The van der Waals surface area contributed by atoms with Gasteiger partial charge in [-0.3, -0.25) is 9.78 Å². The number of urea groups is 1. The molecular formula is C22H19F3N4O3. The molecule has 0 spiro atoms. The third-order valence-corrected chi connectivity index (χ3v) is 5.27. The third kappa shape index (κ3) is 4.03. The fourth-order valence-corrected chi connectivity index (χ4v) is 3.63. The van der Waals surface area contributed by atoms with Gasteiger partial charge in [0.25, 0.3) is 5.91 Å². The summed E-state index contributed by atoms with van der Waals surface area (Å²) in [5.41, 5.74) is 2.62. The number of ether oxygens (including phenoxy) is 1. The highest BCUT2D eigenvalue weighted by Gasteiger charge is 2.43. The van der Waals surface area contributed by atoms with Crippen molar-refractivity contribution in [3.8, 4) is 5.75 Å². The van der Waals surface area contributed by atoms with E-state index in [1.807, 2.05) is 18.2 Å². The average Bonchev–Trinajstić information content (AvgIpc) is 2.96. The van der Waals surface area contributed by atoms with Gasteiger partial charge in [-0.25, -0.2) is 9.69 Å². The van der Waals surface area contributed by atoms with Crippen LogP contribution in [0, 0.1) is 0 Å². The van der Waals surface area contributed by atoms with Crippen LogP contribution in [0.25, 0.3) is 10.9 Å². The Bertz CT molecular complexity index is 1180. The summed E-state index contributed by atoms with van der Waals surface area (Å²) in [6.45, 7) is 1.79. The molecule has 0 saturated carbocycles. The number of imide groups is 1. The lowest BCUT2D eigenvalue weighted by molar-refractivity contribution is -0.274. The highest BCUT2D eigenvalue weighted by molar-refractivity contribution is 6.21. The first kappa shape index (κ1) is 21.4. The van der Waals surface area contributed by atoms with Crippen molar-refractivity contribution in [1.29, 1.82) is 0 Å². The minimum Gasteiger partial charge on any atom is -0.406 e. The van der Waals surface area contributed by atoms with Crippen molar-refractivity contribution < 1.29 is 27.5 Å². The van der Waals surface area contributed by atoms with Crippen LogP contribution in [0.5, 0.6) is 5.75 Å². The SMILES string of the molecule is CNc1ccc2nccc(CN3C(=O)N(c4ccc(OC(F)(F)F)cc4)C(=O)C3C)c2c1. The van der Waals surface area contributed by atoms with Crippen molar-refractivity contribution in [3.05, 3.63) is 60.3 Å². The summed E-state index contributed by atoms with van der Waals surface area (Å²) >= 11 is 0. The maximum Gasteiger partial charge on any atom is 0.573 e. The molecule has 10 heteroatoms. The van der Waals surface area contributed by atoms with Gasteiger partial charge in [0.05, 0.1) is 11.2 Å². The lowest BCUT2D eigenvalue weighted by Gasteiger charge is -2.20. The van der Waals surface area contributed by atoms with Crippen LogP contribution >= 0.6 is 0 Å². The number of fused-ring (bicyclic) bond motifs is 1. The molecule has 1 unspecified atom stereocenters. The Morgan fingerprint density at radius 1 is 1.09 bits per heavy atom. The molecule has 0 bridgehead atoms. The van der Waals surface area contributed by atoms with Crippen molar-refractivity contribution in [2.45, 2.75) is 25.9 Å². The first-order valence-corrected chi connectivity index (χ1v) is 9.74. The molecule has 4 rings (SSSR count). The maximum atomic E-state index is 13.1. The molecule has 1 aliphatic heterocycles. The number of benzene rings is 2. The molecule has 0 radical (unpaired) electrons. The van der Waals surface area contributed by atoms with Crippen molar-refractivity contribution in [1.82, 2.24) is 9.88 Å². The molecule has 1 aliphatic rings. The lowest BCUT2D eigenvalue weighted by Crippen LogP contribution is -2.33. The molecule has 3 amide bonds. The second-order valence-electron chi connectivity index (χ2n) is 7.25. The summed E-state index contributed by atoms with van der Waals surface area (Å²) in [5.74, 6) is -0.900. The summed E-state index contributed by atoms with van der Waals surface area (Å²) in [6, 6.07) is 10.8. The molecule has 1 aromatic heterocycles. The zero-order chi connectivity index (χ0) is 23.0. The second-order valence-corrected chi connectivity index (χ2v) is 7.25. The van der Waals surface area contributed by atoms with E-state index in [0.717, 1.165) is 39.2 Å². The number of anilines is 2. The van der Waals surface area contributed by atoms with Crippen molar-refractivity contribution in [3.63, 3.8) is 0 Å². The molecule has 166 valence electrons. The van der Waals surface area contributed by atoms with E-state index in [2.05, 4.69) is 15.0 Å². The Hall–Kier alpha value is -3.82. The van der Waals surface area contributed by atoms with Crippen LogP contribution in [-0.2, 0) is 11.3 Å². The summed E-state index contributed by atoms with van der Waals surface area (Å²) < 4.78 is 41.0. The second kappa shape index (κ2) is 8.03. The molecule has 3 aromatic rings. The van der Waals surface area contributed by atoms with Gasteiger partial charge < -0.3 is 15.0 Å². The smallest absolute Gasteiger partial charge is 0.406 e. The number of carbonyl (C=O) groups is 2. The molecular weight excluding hydrogens is 425 g/mol. The highest BCUT2D eigenvalue weighted by atomic mass is 19.4. The number of aromatic nitrogens is 1. The fraction of sp³-hybridized carbons (Fsp3) is 0.227. The topological polar surface area (TPSA) is 74.8 Å². The molecule has 1 fully saturated rings. The van der Waals surface area contributed by atoms with Crippen molar-refractivity contribution >= 4 is 34.2 Å². The van der Waals surface area contributed by atoms with Gasteiger partial charge in [-0.1, -0.05) is 0 Å². The highest BCUT2D eigenvalue weighted by Crippen LogP contribution is 2.31. The lowest BCUT2D eigenvalue weighted by atomic mass is 10.1. The standard InChI is InChI=1S/C22H19F3N4O3/c1-13-20(30)29(16-4-6-17(7-5-16)32-22(23,24)25)21(31)28(13)12-14-9-10-27-19-8-3-15(26-2)11-18(14)19/h3-11,13,26H,12H2,1-2H3. The quantitative estimate of drug-likeness (QED) is 0.586. The number of hydrogen-bond acceptors (Lipinski definition) is 5. The van der Waals surface area contributed by atoms with Gasteiger partial charge in [-0.2, -0.15) is 0 Å². The van der Waals surface area contributed by atoms with E-state index in [1.54, 1.807) is 26.2 Å². The van der Waals surface area contributed by atoms with E-state index in [9.17, 15) is 22.8 Å². The molecule has 2 aromatic carbocycles. The third-order valence-electron chi connectivity index (χ3n) is 5.27. The first-order chi connectivity index (χ1) is 15.2. The molecule has 1 N–H and O–H groups in total. The summed E-state index contributed by atoms with van der Waals surface area (Å²) in [5, 5.41) is 3.91. The summed E-state index contributed by atoms with van der Waals surface area (Å²) in [7, 11) is 1.80. The average molecular weight is 444 g/mol. The Balaban J connectivity index is 1.61. The van der Waals surface area contributed by atoms with Crippen molar-refractivity contribution in [2.24, 2.45) is 0 Å². The number of amides is 3. The minimum absolute atomic E-state index is 0.168. The van der Waals surface area contributed by atoms with Gasteiger partial charge >= 0.3 is 12.4 Å². The Labute approximate surface area is 181 Å². The van der Waals surface area contributed by atoms with Gasteiger partial charge in [0.2, 0.25) is 0 Å². The zero-order valence-electron chi connectivity index (χ0n) is 17.2. The number of hydrogen-bond donors (Lipinski definition) is 1. The zero-order valence-corrected chi connectivity index (χ0v) is 17.2. The summed E-state index contributed by atoms with van der Waals surface area (Å²) in [6.07, 6.45) is -3.19. The van der Waals surface area contributed by atoms with Crippen LogP contribution in [0.1, 0.15) is 12.5 Å². The number of nitrogens with one attached hydrogen (secondary N) is 1. The fourth-order valence-electron chi connectivity index (χ4n) is 3.63. The Morgan fingerprint density at radius 2 is 1.81 bits per heavy atom. The van der Waals surface area contributed by atoms with E-state index < -0.39 is 30.1 Å². The Morgan fingerprint density at radius 3 is 2.47 bits per heavy atom. The normalized spacial score (nSPS) is 16.7. The molecule has 0 aliphatic carbocycles. The van der Waals surface area contributed by atoms with Gasteiger partial charge in [-0.15, -0.1) is 13.2 Å². The summed E-state index contributed by atoms with van der Waals surface area (Å²) in [4.78, 5) is 32.6. The number of alkyl halides is 3. The maximum absolute atomic E-state index is 13.1. The van der Waals surface area contributed by atoms with E-state index >= 15 is 0 Å². The number of pyridine rings is 1. The van der Waals surface area contributed by atoms with Gasteiger partial charge in [0.1, 0.15) is 11.8 Å². The predicted octanol–water partition coefficient (Wildman–Crippen LogP) is 4.53. The Kier molecular flexibility index (Phi) is 5.37. The predicted molar refractivity (Wildman–Crippen MR) is 112 cm³/mol. The van der Waals surface area contributed by atoms with Crippen LogP contribution in [0.15, 0.2) is 54.7 Å². The molecule has 7 nitrogen and oxygen atoms in total. The number of halogens is 3. The molecule has 32 heavy (non-hydrogen) atoms.